The minimum Gasteiger partial charge on any atom is -0.327 e. The van der Waals surface area contributed by atoms with Gasteiger partial charge in [-0.3, -0.25) is 0 Å². The van der Waals surface area contributed by atoms with Gasteiger partial charge in [0.2, 0.25) is 0 Å². The molecule has 1 unspecified atom stereocenters. The first kappa shape index (κ1) is 10.8. The van der Waals surface area contributed by atoms with Crippen molar-refractivity contribution in [1.82, 2.24) is 4.90 Å². The minimum absolute atomic E-state index is 0.446. The molecule has 2 fully saturated rings. The number of nitrogens with zero attached hydrogens (tertiary/aromatic N) is 1. The van der Waals surface area contributed by atoms with Gasteiger partial charge in [0.15, 0.2) is 0 Å². The van der Waals surface area contributed by atoms with Crippen LogP contribution in [0, 0.1) is 5.92 Å². The summed E-state index contributed by atoms with van der Waals surface area (Å²) in [7, 11) is 0. The van der Waals surface area contributed by atoms with E-state index < -0.39 is 0 Å². The molecule has 2 rings (SSSR count). The van der Waals surface area contributed by atoms with Crippen molar-refractivity contribution in [1.29, 1.82) is 0 Å². The molecule has 0 bridgehead atoms. The molecule has 2 heterocycles. The van der Waals surface area contributed by atoms with Gasteiger partial charge < -0.3 is 10.6 Å². The van der Waals surface area contributed by atoms with Crippen molar-refractivity contribution < 1.29 is 0 Å². The summed E-state index contributed by atoms with van der Waals surface area (Å²) in [5.41, 5.74) is 5.98. The summed E-state index contributed by atoms with van der Waals surface area (Å²) in [5, 5.41) is 0. The fourth-order valence-electron chi connectivity index (χ4n) is 2.55. The highest BCUT2D eigenvalue weighted by Gasteiger charge is 2.21. The molecule has 82 valence electrons. The molecule has 0 saturated carbocycles. The standard InChI is InChI=1S/C11H22N2S/c12-11-2-1-5-13(9-11)8-10-3-6-14-7-4-10/h10-11H,1-9,12H2. The maximum Gasteiger partial charge on any atom is 0.0168 e. The second-order valence-corrected chi connectivity index (χ2v) is 5.94. The van der Waals surface area contributed by atoms with Crippen LogP contribution in [0.15, 0.2) is 0 Å². The second-order valence-electron chi connectivity index (χ2n) is 4.72. The molecular weight excluding hydrogens is 192 g/mol. The fraction of sp³-hybridized carbons (Fsp3) is 1.00. The van der Waals surface area contributed by atoms with Gasteiger partial charge in [-0.2, -0.15) is 11.8 Å². The maximum atomic E-state index is 5.98. The molecule has 0 aromatic heterocycles. The fourth-order valence-corrected chi connectivity index (χ4v) is 3.76. The summed E-state index contributed by atoms with van der Waals surface area (Å²) in [4.78, 5) is 2.59. The maximum absolute atomic E-state index is 5.98. The average Bonchev–Trinajstić information content (AvgIpc) is 2.19. The highest BCUT2D eigenvalue weighted by atomic mass is 32.2. The van der Waals surface area contributed by atoms with E-state index in [1.807, 2.05) is 0 Å². The van der Waals surface area contributed by atoms with Crippen LogP contribution in [-0.2, 0) is 0 Å². The molecule has 0 spiro atoms. The molecule has 1 atom stereocenters. The summed E-state index contributed by atoms with van der Waals surface area (Å²) < 4.78 is 0. The first-order chi connectivity index (χ1) is 6.84. The Balaban J connectivity index is 1.72. The van der Waals surface area contributed by atoms with Crippen molar-refractivity contribution >= 4 is 11.8 Å². The van der Waals surface area contributed by atoms with E-state index in [-0.39, 0.29) is 0 Å². The Morgan fingerprint density at radius 2 is 2.00 bits per heavy atom. The van der Waals surface area contributed by atoms with Crippen LogP contribution in [-0.4, -0.2) is 42.1 Å². The van der Waals surface area contributed by atoms with Gasteiger partial charge in [0.25, 0.3) is 0 Å². The predicted octanol–water partition coefficient (Wildman–Crippen LogP) is 1.55. The molecular formula is C11H22N2S. The number of hydrogen-bond acceptors (Lipinski definition) is 3. The quantitative estimate of drug-likeness (QED) is 0.756. The lowest BCUT2D eigenvalue weighted by atomic mass is 9.99. The second kappa shape index (κ2) is 5.38. The van der Waals surface area contributed by atoms with E-state index in [1.165, 1.54) is 50.3 Å². The summed E-state index contributed by atoms with van der Waals surface area (Å²) >= 11 is 2.12. The van der Waals surface area contributed by atoms with Crippen molar-refractivity contribution in [2.24, 2.45) is 11.7 Å². The van der Waals surface area contributed by atoms with Crippen molar-refractivity contribution in [2.45, 2.75) is 31.7 Å². The molecule has 2 aliphatic heterocycles. The van der Waals surface area contributed by atoms with Gasteiger partial charge in [-0.15, -0.1) is 0 Å². The Kier molecular flexibility index (Phi) is 4.14. The van der Waals surface area contributed by atoms with E-state index in [9.17, 15) is 0 Å². The summed E-state index contributed by atoms with van der Waals surface area (Å²) in [5.74, 6) is 3.72. The van der Waals surface area contributed by atoms with Crippen molar-refractivity contribution in [2.75, 3.05) is 31.1 Å². The average molecular weight is 214 g/mol. The zero-order chi connectivity index (χ0) is 9.80. The lowest BCUT2D eigenvalue weighted by Crippen LogP contribution is -2.44. The van der Waals surface area contributed by atoms with Crippen molar-refractivity contribution in [3.63, 3.8) is 0 Å². The molecule has 0 aliphatic carbocycles. The van der Waals surface area contributed by atoms with Gasteiger partial charge >= 0.3 is 0 Å². The first-order valence-corrected chi connectivity index (χ1v) is 7.06. The van der Waals surface area contributed by atoms with Gasteiger partial charge in [0.1, 0.15) is 0 Å². The molecule has 2 aliphatic rings. The zero-order valence-corrected chi connectivity index (χ0v) is 9.77. The first-order valence-electron chi connectivity index (χ1n) is 5.90. The highest BCUT2D eigenvalue weighted by molar-refractivity contribution is 7.99. The normalized spacial score (nSPS) is 31.9. The van der Waals surface area contributed by atoms with Crippen molar-refractivity contribution in [3.05, 3.63) is 0 Å². The lowest BCUT2D eigenvalue weighted by Gasteiger charge is -2.34. The monoisotopic (exact) mass is 214 g/mol. The van der Waals surface area contributed by atoms with Crippen LogP contribution in [0.2, 0.25) is 0 Å². The molecule has 2 nitrogen and oxygen atoms in total. The van der Waals surface area contributed by atoms with Crippen LogP contribution in [0.25, 0.3) is 0 Å². The van der Waals surface area contributed by atoms with E-state index in [0.717, 1.165) is 12.5 Å². The highest BCUT2D eigenvalue weighted by Crippen LogP contribution is 2.24. The van der Waals surface area contributed by atoms with E-state index in [4.69, 9.17) is 5.73 Å². The Morgan fingerprint density at radius 3 is 2.71 bits per heavy atom. The number of likely N-dealkylation sites (tertiary alicyclic amines) is 1. The Bertz CT molecular complexity index is 169. The van der Waals surface area contributed by atoms with Gasteiger partial charge in [-0.25, -0.2) is 0 Å². The molecule has 0 aromatic carbocycles. The molecule has 0 aromatic rings. The number of piperidine rings is 1. The smallest absolute Gasteiger partial charge is 0.0168 e. The molecule has 2 N–H and O–H groups in total. The van der Waals surface area contributed by atoms with E-state index in [2.05, 4.69) is 16.7 Å². The molecule has 2 saturated heterocycles. The van der Waals surface area contributed by atoms with Gasteiger partial charge in [0.05, 0.1) is 0 Å². The summed E-state index contributed by atoms with van der Waals surface area (Å²) in [6.45, 7) is 3.75. The SMILES string of the molecule is NC1CCCN(CC2CCSCC2)C1. The molecule has 0 radical (unpaired) electrons. The third-order valence-electron chi connectivity index (χ3n) is 3.40. The van der Waals surface area contributed by atoms with Crippen LogP contribution < -0.4 is 5.73 Å². The largest absolute Gasteiger partial charge is 0.327 e. The third kappa shape index (κ3) is 3.14. The van der Waals surface area contributed by atoms with Crippen LogP contribution >= 0.6 is 11.8 Å². The summed E-state index contributed by atoms with van der Waals surface area (Å²) in [6.07, 6.45) is 5.40. The number of thioether (sulfide) groups is 1. The van der Waals surface area contributed by atoms with Gasteiger partial charge in [-0.1, -0.05) is 0 Å². The molecule has 14 heavy (non-hydrogen) atoms. The number of nitrogens with two attached hydrogens (primary N) is 1. The van der Waals surface area contributed by atoms with Crippen LogP contribution in [0.5, 0.6) is 0 Å². The van der Waals surface area contributed by atoms with E-state index in [0.29, 0.717) is 6.04 Å². The molecule has 3 heteroatoms. The van der Waals surface area contributed by atoms with Crippen LogP contribution in [0.4, 0.5) is 0 Å². The number of hydrogen-bond donors (Lipinski definition) is 1. The van der Waals surface area contributed by atoms with E-state index >= 15 is 0 Å². The number of rotatable bonds is 2. The predicted molar refractivity (Wildman–Crippen MR) is 63.7 cm³/mol. The van der Waals surface area contributed by atoms with Gasteiger partial charge in [-0.05, 0) is 49.7 Å². The van der Waals surface area contributed by atoms with Crippen molar-refractivity contribution in [3.8, 4) is 0 Å². The van der Waals surface area contributed by atoms with E-state index in [1.54, 1.807) is 0 Å². The topological polar surface area (TPSA) is 29.3 Å². The minimum atomic E-state index is 0.446. The van der Waals surface area contributed by atoms with Crippen LogP contribution in [0.1, 0.15) is 25.7 Å². The van der Waals surface area contributed by atoms with Gasteiger partial charge in [0, 0.05) is 19.1 Å². The summed E-state index contributed by atoms with van der Waals surface area (Å²) in [6, 6.07) is 0.446. The Morgan fingerprint density at radius 1 is 1.21 bits per heavy atom. The molecule has 0 amide bonds. The third-order valence-corrected chi connectivity index (χ3v) is 4.45. The van der Waals surface area contributed by atoms with Crippen LogP contribution in [0.3, 0.4) is 0 Å². The Labute approximate surface area is 91.6 Å². The lowest BCUT2D eigenvalue weighted by molar-refractivity contribution is 0.175. The Hall–Kier alpha value is 0.270. The zero-order valence-electron chi connectivity index (χ0n) is 8.95.